The summed E-state index contributed by atoms with van der Waals surface area (Å²) in [4.78, 5) is 14.1. The molecule has 2 aromatic rings. The molecule has 0 radical (unpaired) electrons. The fourth-order valence-electron chi connectivity index (χ4n) is 2.43. The molecule has 1 N–H and O–H groups in total. The highest BCUT2D eigenvalue weighted by Gasteiger charge is 2.31. The van der Waals surface area contributed by atoms with E-state index in [-0.39, 0.29) is 12.0 Å². The van der Waals surface area contributed by atoms with Crippen molar-refractivity contribution < 1.29 is 9.53 Å². The Labute approximate surface area is 146 Å². The van der Waals surface area contributed by atoms with Gasteiger partial charge in [0.25, 0.3) is 5.91 Å². The molecule has 0 saturated carbocycles. The predicted octanol–water partition coefficient (Wildman–Crippen LogP) is 3.74. The van der Waals surface area contributed by atoms with Crippen molar-refractivity contribution in [3.8, 4) is 5.75 Å². The standard InChI is InChI=1S/C19H18N2O2S/c1-13(2)23-16-10-8-14(9-11-16)12-17-18(22)21(19(24)20-17)15-6-4-3-5-7-15/h3-13H,1-2H3,(H,20,24)/b17-12+. The van der Waals surface area contributed by atoms with E-state index < -0.39 is 0 Å². The smallest absolute Gasteiger partial charge is 0.281 e. The first-order valence-electron chi connectivity index (χ1n) is 7.73. The van der Waals surface area contributed by atoms with E-state index in [2.05, 4.69) is 5.32 Å². The third-order valence-electron chi connectivity index (χ3n) is 3.46. The van der Waals surface area contributed by atoms with Crippen LogP contribution in [0.2, 0.25) is 0 Å². The summed E-state index contributed by atoms with van der Waals surface area (Å²) in [5.74, 6) is 0.646. The van der Waals surface area contributed by atoms with E-state index >= 15 is 0 Å². The highest BCUT2D eigenvalue weighted by Crippen LogP contribution is 2.22. The molecule has 122 valence electrons. The molecule has 0 aliphatic carbocycles. The molecule has 1 aliphatic heterocycles. The van der Waals surface area contributed by atoms with Gasteiger partial charge in [-0.1, -0.05) is 30.3 Å². The number of hydrogen-bond donors (Lipinski definition) is 1. The van der Waals surface area contributed by atoms with Gasteiger partial charge in [0.2, 0.25) is 0 Å². The number of carbonyl (C=O) groups excluding carboxylic acids is 1. The van der Waals surface area contributed by atoms with E-state index in [9.17, 15) is 4.79 Å². The van der Waals surface area contributed by atoms with Gasteiger partial charge < -0.3 is 10.1 Å². The van der Waals surface area contributed by atoms with E-state index in [1.807, 2.05) is 68.4 Å². The number of hydrogen-bond acceptors (Lipinski definition) is 3. The number of nitrogens with one attached hydrogen (secondary N) is 1. The third kappa shape index (κ3) is 3.46. The molecule has 2 aromatic carbocycles. The molecule has 1 aliphatic rings. The molecule has 0 atom stereocenters. The van der Waals surface area contributed by atoms with E-state index in [4.69, 9.17) is 17.0 Å². The molecule has 0 bridgehead atoms. The van der Waals surface area contributed by atoms with Crippen molar-refractivity contribution in [1.82, 2.24) is 5.32 Å². The number of para-hydroxylation sites is 1. The number of rotatable bonds is 4. The Morgan fingerprint density at radius 3 is 2.38 bits per heavy atom. The molecule has 24 heavy (non-hydrogen) atoms. The number of carbonyl (C=O) groups is 1. The topological polar surface area (TPSA) is 41.6 Å². The first-order valence-corrected chi connectivity index (χ1v) is 8.14. The summed E-state index contributed by atoms with van der Waals surface area (Å²) in [5.41, 5.74) is 2.12. The van der Waals surface area contributed by atoms with E-state index in [1.165, 1.54) is 4.90 Å². The zero-order chi connectivity index (χ0) is 17.1. The Hall–Kier alpha value is -2.66. The van der Waals surface area contributed by atoms with Gasteiger partial charge in [-0.15, -0.1) is 0 Å². The first-order chi connectivity index (χ1) is 11.5. The van der Waals surface area contributed by atoms with Gasteiger partial charge in [-0.25, -0.2) is 0 Å². The summed E-state index contributed by atoms with van der Waals surface area (Å²) in [6.07, 6.45) is 1.92. The lowest BCUT2D eigenvalue weighted by atomic mass is 10.2. The number of anilines is 1. The number of ether oxygens (including phenoxy) is 1. The van der Waals surface area contributed by atoms with Gasteiger partial charge in [-0.2, -0.15) is 0 Å². The summed E-state index contributed by atoms with van der Waals surface area (Å²) < 4.78 is 5.62. The van der Waals surface area contributed by atoms with Gasteiger partial charge in [0, 0.05) is 0 Å². The van der Waals surface area contributed by atoms with Crippen LogP contribution in [0.5, 0.6) is 5.75 Å². The van der Waals surface area contributed by atoms with Gasteiger partial charge in [0.1, 0.15) is 11.4 Å². The third-order valence-corrected chi connectivity index (χ3v) is 3.74. The van der Waals surface area contributed by atoms with Crippen LogP contribution in [0.1, 0.15) is 19.4 Å². The second-order valence-corrected chi connectivity index (χ2v) is 6.09. The van der Waals surface area contributed by atoms with Crippen LogP contribution in [-0.4, -0.2) is 17.1 Å². The summed E-state index contributed by atoms with van der Waals surface area (Å²) >= 11 is 5.29. The van der Waals surface area contributed by atoms with Gasteiger partial charge in [0.15, 0.2) is 5.11 Å². The van der Waals surface area contributed by atoms with E-state index in [0.717, 1.165) is 17.0 Å². The van der Waals surface area contributed by atoms with Crippen LogP contribution in [0.3, 0.4) is 0 Å². The van der Waals surface area contributed by atoms with Crippen LogP contribution >= 0.6 is 12.2 Å². The Bertz CT molecular complexity index is 783. The van der Waals surface area contributed by atoms with Gasteiger partial charge >= 0.3 is 0 Å². The summed E-state index contributed by atoms with van der Waals surface area (Å²) in [6.45, 7) is 3.96. The lowest BCUT2D eigenvalue weighted by molar-refractivity contribution is -0.113. The summed E-state index contributed by atoms with van der Waals surface area (Å²) in [5, 5.41) is 3.37. The van der Waals surface area contributed by atoms with Crippen molar-refractivity contribution in [2.24, 2.45) is 0 Å². The highest BCUT2D eigenvalue weighted by molar-refractivity contribution is 7.80. The molecule has 3 rings (SSSR count). The minimum Gasteiger partial charge on any atom is -0.491 e. The molecule has 0 unspecified atom stereocenters. The quantitative estimate of drug-likeness (QED) is 0.681. The minimum absolute atomic E-state index is 0.129. The molecule has 0 aromatic heterocycles. The van der Waals surface area contributed by atoms with Crippen molar-refractivity contribution in [3.63, 3.8) is 0 Å². The van der Waals surface area contributed by atoms with Crippen molar-refractivity contribution >= 4 is 35.0 Å². The average molecular weight is 338 g/mol. The molecule has 0 spiro atoms. The van der Waals surface area contributed by atoms with Crippen LogP contribution in [0.4, 0.5) is 5.69 Å². The number of amides is 1. The number of nitrogens with zero attached hydrogens (tertiary/aromatic N) is 1. The second kappa shape index (κ2) is 6.84. The highest BCUT2D eigenvalue weighted by atomic mass is 32.1. The zero-order valence-corrected chi connectivity index (χ0v) is 14.3. The molecule has 4 nitrogen and oxygen atoms in total. The monoisotopic (exact) mass is 338 g/mol. The van der Waals surface area contributed by atoms with Crippen LogP contribution < -0.4 is 15.0 Å². The van der Waals surface area contributed by atoms with Crippen molar-refractivity contribution in [3.05, 3.63) is 65.9 Å². The van der Waals surface area contributed by atoms with Crippen LogP contribution in [0.15, 0.2) is 60.3 Å². The normalized spacial score (nSPS) is 16.0. The van der Waals surface area contributed by atoms with Gasteiger partial charge in [-0.05, 0) is 62.0 Å². The van der Waals surface area contributed by atoms with Gasteiger partial charge in [-0.3, -0.25) is 9.69 Å². The fraction of sp³-hybridized carbons (Fsp3) is 0.158. The largest absolute Gasteiger partial charge is 0.491 e. The fourth-order valence-corrected chi connectivity index (χ4v) is 2.73. The molecular weight excluding hydrogens is 320 g/mol. The van der Waals surface area contributed by atoms with Crippen LogP contribution in [0, 0.1) is 0 Å². The number of benzene rings is 2. The van der Waals surface area contributed by atoms with E-state index in [0.29, 0.717) is 10.8 Å². The maximum atomic E-state index is 12.6. The van der Waals surface area contributed by atoms with Gasteiger partial charge in [0.05, 0.1) is 11.8 Å². The zero-order valence-electron chi connectivity index (χ0n) is 13.5. The Kier molecular flexibility index (Phi) is 4.62. The molecule has 1 saturated heterocycles. The van der Waals surface area contributed by atoms with E-state index in [1.54, 1.807) is 6.08 Å². The molecule has 1 amide bonds. The van der Waals surface area contributed by atoms with Crippen LogP contribution in [-0.2, 0) is 4.79 Å². The second-order valence-electron chi connectivity index (χ2n) is 5.70. The Morgan fingerprint density at radius 2 is 1.75 bits per heavy atom. The lowest BCUT2D eigenvalue weighted by Gasteiger charge is -2.13. The van der Waals surface area contributed by atoms with Crippen LogP contribution in [0.25, 0.3) is 6.08 Å². The number of thiocarbonyl (C=S) groups is 1. The van der Waals surface area contributed by atoms with Crippen molar-refractivity contribution in [2.45, 2.75) is 20.0 Å². The molecule has 5 heteroatoms. The minimum atomic E-state index is -0.159. The summed E-state index contributed by atoms with van der Waals surface area (Å²) in [6, 6.07) is 17.0. The Balaban J connectivity index is 1.81. The maximum absolute atomic E-state index is 12.6. The summed E-state index contributed by atoms with van der Waals surface area (Å²) in [7, 11) is 0. The molecule has 1 heterocycles. The van der Waals surface area contributed by atoms with Crippen molar-refractivity contribution in [2.75, 3.05) is 4.90 Å². The lowest BCUT2D eigenvalue weighted by Crippen LogP contribution is -2.30. The molecule has 1 fully saturated rings. The first kappa shape index (κ1) is 16.2. The SMILES string of the molecule is CC(C)Oc1ccc(/C=C2/NC(=S)N(c3ccccc3)C2=O)cc1. The molecular formula is C19H18N2O2S. The maximum Gasteiger partial charge on any atom is 0.281 e. The van der Waals surface area contributed by atoms with Crippen molar-refractivity contribution in [1.29, 1.82) is 0 Å². The Morgan fingerprint density at radius 1 is 1.08 bits per heavy atom. The average Bonchev–Trinajstić information content (AvgIpc) is 2.83. The predicted molar refractivity (Wildman–Crippen MR) is 99.8 cm³/mol.